The first kappa shape index (κ1) is 24.4. The van der Waals surface area contributed by atoms with Gasteiger partial charge in [-0.15, -0.1) is 0 Å². The van der Waals surface area contributed by atoms with Crippen LogP contribution in [-0.4, -0.2) is 73.9 Å². The van der Waals surface area contributed by atoms with Gasteiger partial charge in [0.2, 0.25) is 6.41 Å². The predicted molar refractivity (Wildman–Crippen MR) is 119 cm³/mol. The number of nitrogens with zero attached hydrogens (tertiary/aromatic N) is 5. The number of aliphatic imine (C=N–C) groups is 2. The molecular formula is C21H35N7O. The van der Waals surface area contributed by atoms with Crippen molar-refractivity contribution >= 4 is 18.8 Å². The van der Waals surface area contributed by atoms with Gasteiger partial charge in [-0.05, 0) is 70.8 Å². The van der Waals surface area contributed by atoms with Gasteiger partial charge >= 0.3 is 0 Å². The average Bonchev–Trinajstić information content (AvgIpc) is 3.30. The minimum absolute atomic E-state index is 0.342. The number of nitrogens with one attached hydrogen (secondary N) is 1. The van der Waals surface area contributed by atoms with E-state index in [0.717, 1.165) is 24.5 Å². The third-order valence-corrected chi connectivity index (χ3v) is 5.32. The van der Waals surface area contributed by atoms with Gasteiger partial charge in [0.15, 0.2) is 0 Å². The van der Waals surface area contributed by atoms with Crippen LogP contribution < -0.4 is 11.1 Å². The highest BCUT2D eigenvalue weighted by Crippen LogP contribution is 2.38. The van der Waals surface area contributed by atoms with E-state index in [9.17, 15) is 4.79 Å². The van der Waals surface area contributed by atoms with Crippen LogP contribution in [0.2, 0.25) is 0 Å². The van der Waals surface area contributed by atoms with Crippen LogP contribution in [0.15, 0.2) is 33.7 Å². The molecule has 2 rings (SSSR count). The Hall–Kier alpha value is -2.66. The standard InChI is InChI=1S/C17H29N5.C4H6N2O/c1-4-19-10-11-20-16(15(2)6-9-18)22-13-8-17(14-22)7-5-12-21(17)3;5-2-1-3-6-4-7/h4,6,9,11H,5,7-8,10,12-14,18H2,1-3H3;4H,1,3H2,(H,6,7)/b9-6-,16-15-,19-4?,20-11-;. The molecule has 3 N–H and O–H groups in total. The van der Waals surface area contributed by atoms with Gasteiger partial charge in [-0.1, -0.05) is 0 Å². The summed E-state index contributed by atoms with van der Waals surface area (Å²) >= 11 is 0. The molecule has 2 heterocycles. The maximum atomic E-state index is 9.46. The second-order valence-electron chi connectivity index (χ2n) is 7.20. The molecular weight excluding hydrogens is 366 g/mol. The number of likely N-dealkylation sites (N-methyl/N-ethyl adjacent to an activating group) is 1. The predicted octanol–water partition coefficient (Wildman–Crippen LogP) is 1.67. The second kappa shape index (κ2) is 13.5. The van der Waals surface area contributed by atoms with E-state index in [2.05, 4.69) is 39.1 Å². The normalized spacial score (nSPS) is 22.9. The van der Waals surface area contributed by atoms with Crippen LogP contribution in [0, 0.1) is 11.3 Å². The highest BCUT2D eigenvalue weighted by molar-refractivity contribution is 5.65. The Labute approximate surface area is 174 Å². The molecule has 1 atom stereocenters. The van der Waals surface area contributed by atoms with Crippen LogP contribution in [-0.2, 0) is 4.79 Å². The monoisotopic (exact) mass is 401 g/mol. The molecule has 1 unspecified atom stereocenters. The molecule has 0 aliphatic carbocycles. The van der Waals surface area contributed by atoms with Gasteiger partial charge in [-0.25, -0.2) is 4.99 Å². The molecule has 0 radical (unpaired) electrons. The van der Waals surface area contributed by atoms with Gasteiger partial charge in [0.25, 0.3) is 0 Å². The summed E-state index contributed by atoms with van der Waals surface area (Å²) in [5.41, 5.74) is 7.01. The zero-order chi connectivity index (χ0) is 21.5. The van der Waals surface area contributed by atoms with E-state index < -0.39 is 0 Å². The van der Waals surface area contributed by atoms with E-state index in [-0.39, 0.29) is 0 Å². The number of likely N-dealkylation sites (tertiary alicyclic amines) is 2. The van der Waals surface area contributed by atoms with Crippen molar-refractivity contribution in [2.75, 3.05) is 39.8 Å². The molecule has 0 aromatic rings. The smallest absolute Gasteiger partial charge is 0.207 e. The van der Waals surface area contributed by atoms with Crippen LogP contribution in [0.1, 0.15) is 39.5 Å². The molecule has 2 fully saturated rings. The van der Waals surface area contributed by atoms with Crippen molar-refractivity contribution in [2.24, 2.45) is 15.7 Å². The number of nitriles is 1. The molecule has 0 bridgehead atoms. The highest BCUT2D eigenvalue weighted by atomic mass is 16.1. The number of hydrogen-bond donors (Lipinski definition) is 2. The molecule has 2 aliphatic rings. The molecule has 29 heavy (non-hydrogen) atoms. The van der Waals surface area contributed by atoms with Crippen molar-refractivity contribution < 1.29 is 4.79 Å². The summed E-state index contributed by atoms with van der Waals surface area (Å²) in [5.74, 6) is 1.03. The first-order valence-corrected chi connectivity index (χ1v) is 10.1. The maximum absolute atomic E-state index is 9.46. The van der Waals surface area contributed by atoms with Gasteiger partial charge in [0, 0.05) is 31.4 Å². The SMILES string of the molecule is CC=NC\C=N/C(=C(C)/C=C\N)N1CCC2(CCCN2C)C1.N#CCCNC=O. The van der Waals surface area contributed by atoms with Gasteiger partial charge in [-0.2, -0.15) is 5.26 Å². The maximum Gasteiger partial charge on any atom is 0.207 e. The van der Waals surface area contributed by atoms with E-state index in [1.54, 1.807) is 12.4 Å². The Bertz CT molecular complexity index is 662. The lowest BCUT2D eigenvalue weighted by atomic mass is 9.96. The summed E-state index contributed by atoms with van der Waals surface area (Å²) in [7, 11) is 2.26. The molecule has 0 saturated carbocycles. The van der Waals surface area contributed by atoms with Crippen molar-refractivity contribution in [3.63, 3.8) is 0 Å². The van der Waals surface area contributed by atoms with Gasteiger partial charge in [0.05, 0.1) is 19.0 Å². The van der Waals surface area contributed by atoms with Crippen molar-refractivity contribution in [1.82, 2.24) is 15.1 Å². The van der Waals surface area contributed by atoms with Crippen LogP contribution in [0.3, 0.4) is 0 Å². The fourth-order valence-corrected chi connectivity index (χ4v) is 3.74. The lowest BCUT2D eigenvalue weighted by molar-refractivity contribution is -0.109. The molecule has 0 aromatic carbocycles. The molecule has 8 heteroatoms. The first-order valence-electron chi connectivity index (χ1n) is 10.1. The van der Waals surface area contributed by atoms with Crippen LogP contribution in [0.5, 0.6) is 0 Å². The third-order valence-electron chi connectivity index (χ3n) is 5.32. The largest absolute Gasteiger partial charge is 0.405 e. The topological polar surface area (TPSA) is 110 Å². The molecule has 8 nitrogen and oxygen atoms in total. The van der Waals surface area contributed by atoms with Crippen molar-refractivity contribution in [3.8, 4) is 6.07 Å². The zero-order valence-corrected chi connectivity index (χ0v) is 18.0. The number of rotatable bonds is 8. The summed E-state index contributed by atoms with van der Waals surface area (Å²) < 4.78 is 0. The first-order chi connectivity index (χ1) is 14.0. The van der Waals surface area contributed by atoms with Crippen LogP contribution in [0.4, 0.5) is 0 Å². The number of amides is 1. The Balaban J connectivity index is 0.000000516. The Morgan fingerprint density at radius 2 is 2.17 bits per heavy atom. The summed E-state index contributed by atoms with van der Waals surface area (Å²) in [6.45, 7) is 8.41. The number of allylic oxidation sites excluding steroid dienone is 2. The molecule has 0 aromatic heterocycles. The van der Waals surface area contributed by atoms with E-state index in [1.807, 2.05) is 25.3 Å². The van der Waals surface area contributed by atoms with Crippen molar-refractivity contribution in [3.05, 3.63) is 23.7 Å². The van der Waals surface area contributed by atoms with E-state index >= 15 is 0 Å². The number of carbonyl (C=O) groups excluding carboxylic acids is 1. The highest BCUT2D eigenvalue weighted by Gasteiger charge is 2.44. The third kappa shape index (κ3) is 7.70. The van der Waals surface area contributed by atoms with Crippen LogP contribution in [0.25, 0.3) is 0 Å². The molecule has 1 spiro atoms. The Morgan fingerprint density at radius 1 is 1.38 bits per heavy atom. The number of hydrogen-bond acceptors (Lipinski definition) is 7. The molecule has 2 aliphatic heterocycles. The minimum Gasteiger partial charge on any atom is -0.405 e. The summed E-state index contributed by atoms with van der Waals surface area (Å²) in [5, 5.41) is 10.2. The Morgan fingerprint density at radius 3 is 2.76 bits per heavy atom. The summed E-state index contributed by atoms with van der Waals surface area (Å²) in [4.78, 5) is 23.3. The number of nitrogens with two attached hydrogens (primary N) is 1. The second-order valence-corrected chi connectivity index (χ2v) is 7.20. The molecule has 160 valence electrons. The van der Waals surface area contributed by atoms with Gasteiger partial charge in [-0.3, -0.25) is 14.7 Å². The minimum atomic E-state index is 0.342. The van der Waals surface area contributed by atoms with Crippen molar-refractivity contribution in [2.45, 2.75) is 45.1 Å². The number of carbonyl (C=O) groups is 1. The Kier molecular flexibility index (Phi) is 11.4. The van der Waals surface area contributed by atoms with Gasteiger partial charge < -0.3 is 16.0 Å². The lowest BCUT2D eigenvalue weighted by Gasteiger charge is -2.32. The fourth-order valence-electron chi connectivity index (χ4n) is 3.74. The fraction of sp³-hybridized carbons (Fsp3) is 0.619. The van der Waals surface area contributed by atoms with Gasteiger partial charge in [0.1, 0.15) is 5.82 Å². The van der Waals surface area contributed by atoms with E-state index in [4.69, 9.17) is 11.0 Å². The zero-order valence-electron chi connectivity index (χ0n) is 18.0. The summed E-state index contributed by atoms with van der Waals surface area (Å²) in [6.07, 6.45) is 12.0. The van der Waals surface area contributed by atoms with E-state index in [0.29, 0.717) is 31.5 Å². The van der Waals surface area contributed by atoms with Crippen molar-refractivity contribution in [1.29, 1.82) is 5.26 Å². The molecule has 2 saturated heterocycles. The average molecular weight is 402 g/mol. The van der Waals surface area contributed by atoms with Crippen LogP contribution >= 0.6 is 0 Å². The lowest BCUT2D eigenvalue weighted by Crippen LogP contribution is -2.43. The molecule has 1 amide bonds. The van der Waals surface area contributed by atoms with E-state index in [1.165, 1.54) is 25.8 Å². The quantitative estimate of drug-likeness (QED) is 0.278. The summed E-state index contributed by atoms with van der Waals surface area (Å²) in [6, 6.07) is 1.88.